The lowest BCUT2D eigenvalue weighted by Crippen LogP contribution is -2.04. The van der Waals surface area contributed by atoms with Crippen molar-refractivity contribution in [2.75, 3.05) is 5.32 Å². The summed E-state index contributed by atoms with van der Waals surface area (Å²) in [6.07, 6.45) is 1.88. The van der Waals surface area contributed by atoms with Gasteiger partial charge in [-0.25, -0.2) is 4.68 Å². The van der Waals surface area contributed by atoms with Gasteiger partial charge in [-0.1, -0.05) is 53.2 Å². The quantitative estimate of drug-likeness (QED) is 0.383. The molecule has 2 aromatic heterocycles. The molecule has 0 spiro atoms. The van der Waals surface area contributed by atoms with E-state index in [2.05, 4.69) is 15.6 Å². The molecule has 2 heterocycles. The zero-order chi connectivity index (χ0) is 21.9. The maximum absolute atomic E-state index is 12.7. The molecule has 7 heteroatoms. The molecular weight excluding hydrogens is 424 g/mol. The second kappa shape index (κ2) is 8.69. The van der Waals surface area contributed by atoms with Gasteiger partial charge >= 0.3 is 0 Å². The van der Waals surface area contributed by atoms with Crippen LogP contribution in [-0.2, 0) is 13.1 Å². The maximum atomic E-state index is 12.7. The molecule has 0 fully saturated rings. The van der Waals surface area contributed by atoms with E-state index in [4.69, 9.17) is 16.0 Å². The molecule has 0 bridgehead atoms. The molecule has 0 amide bonds. The number of hydrogen-bond acceptors (Lipinski definition) is 5. The summed E-state index contributed by atoms with van der Waals surface area (Å²) in [5.74, 6) is 0.560. The first-order valence-corrected chi connectivity index (χ1v) is 10.5. The van der Waals surface area contributed by atoms with Gasteiger partial charge in [0.05, 0.1) is 24.7 Å². The first-order chi connectivity index (χ1) is 15.6. The number of nitrogens with one attached hydrogen (secondary N) is 1. The van der Waals surface area contributed by atoms with E-state index in [1.165, 1.54) is 6.07 Å². The molecule has 3 aromatic carbocycles. The van der Waals surface area contributed by atoms with Crippen molar-refractivity contribution >= 4 is 28.3 Å². The minimum absolute atomic E-state index is 0.0709. The largest absolute Gasteiger partial charge is 0.456 e. The van der Waals surface area contributed by atoms with Crippen molar-refractivity contribution < 1.29 is 4.42 Å². The molecule has 0 radical (unpaired) electrons. The van der Waals surface area contributed by atoms with Gasteiger partial charge in [-0.15, -0.1) is 5.10 Å². The highest BCUT2D eigenvalue weighted by Crippen LogP contribution is 2.22. The minimum atomic E-state index is -0.0709. The Morgan fingerprint density at radius 1 is 0.969 bits per heavy atom. The van der Waals surface area contributed by atoms with Crippen molar-refractivity contribution in [2.45, 2.75) is 13.1 Å². The second-order valence-corrected chi connectivity index (χ2v) is 7.88. The van der Waals surface area contributed by atoms with Gasteiger partial charge in [0, 0.05) is 22.3 Å². The van der Waals surface area contributed by atoms with E-state index in [9.17, 15) is 4.79 Å². The van der Waals surface area contributed by atoms with Crippen LogP contribution in [0.3, 0.4) is 0 Å². The van der Waals surface area contributed by atoms with Crippen molar-refractivity contribution in [3.05, 3.63) is 112 Å². The molecule has 0 atom stereocenters. The Morgan fingerprint density at radius 3 is 2.59 bits per heavy atom. The Kier molecular flexibility index (Phi) is 5.44. The number of rotatable bonds is 6. The molecular formula is C25H19ClN4O2. The zero-order valence-corrected chi connectivity index (χ0v) is 17.8. The van der Waals surface area contributed by atoms with Crippen LogP contribution in [0.1, 0.15) is 11.3 Å². The predicted molar refractivity (Wildman–Crippen MR) is 126 cm³/mol. The third-order valence-corrected chi connectivity index (χ3v) is 5.35. The molecule has 1 N–H and O–H groups in total. The summed E-state index contributed by atoms with van der Waals surface area (Å²) in [6, 6.07) is 24.3. The number of anilines is 1. The summed E-state index contributed by atoms with van der Waals surface area (Å²) in [6.45, 7) is 1.05. The Hall–Kier alpha value is -3.90. The van der Waals surface area contributed by atoms with Crippen molar-refractivity contribution in [1.29, 1.82) is 0 Å². The number of nitrogens with zero attached hydrogens (tertiary/aromatic N) is 3. The molecule has 0 aliphatic carbocycles. The third kappa shape index (κ3) is 4.40. The van der Waals surface area contributed by atoms with Crippen LogP contribution in [0.4, 0.5) is 5.69 Å². The van der Waals surface area contributed by atoms with Crippen molar-refractivity contribution in [1.82, 2.24) is 15.0 Å². The average molecular weight is 443 g/mol. The number of benzene rings is 3. The van der Waals surface area contributed by atoms with Gasteiger partial charge in [0.25, 0.3) is 0 Å². The average Bonchev–Trinajstić information content (AvgIpc) is 3.27. The smallest absolute Gasteiger partial charge is 0.193 e. The normalized spacial score (nSPS) is 11.0. The van der Waals surface area contributed by atoms with E-state index < -0.39 is 0 Å². The molecule has 158 valence electrons. The SMILES string of the molecule is O=c1cc(-c2ccccc2)oc2ccc(Cn3cc(CNc4ccc(Cl)cc4)nn3)cc12. The van der Waals surface area contributed by atoms with Crippen LogP contribution >= 0.6 is 11.6 Å². The third-order valence-electron chi connectivity index (χ3n) is 5.10. The molecule has 5 rings (SSSR count). The summed E-state index contributed by atoms with van der Waals surface area (Å²) in [4.78, 5) is 12.7. The van der Waals surface area contributed by atoms with Gasteiger partial charge in [0.1, 0.15) is 17.0 Å². The predicted octanol–water partition coefficient (Wildman–Crippen LogP) is 5.37. The van der Waals surface area contributed by atoms with E-state index in [1.54, 1.807) is 4.68 Å². The number of fused-ring (bicyclic) bond motifs is 1. The lowest BCUT2D eigenvalue weighted by atomic mass is 10.1. The lowest BCUT2D eigenvalue weighted by molar-refractivity contribution is 0.617. The molecule has 5 aromatic rings. The standard InChI is InChI=1S/C25H19ClN4O2/c26-19-7-9-20(10-8-19)27-14-21-16-30(29-28-21)15-17-6-11-24-22(12-17)23(31)13-25(32-24)18-4-2-1-3-5-18/h1-13,16,27H,14-15H2. The van der Waals surface area contributed by atoms with Crippen LogP contribution < -0.4 is 10.7 Å². The highest BCUT2D eigenvalue weighted by Gasteiger charge is 2.09. The van der Waals surface area contributed by atoms with E-state index >= 15 is 0 Å². The summed E-state index contributed by atoms with van der Waals surface area (Å²) in [5, 5.41) is 12.9. The molecule has 32 heavy (non-hydrogen) atoms. The Balaban J connectivity index is 1.32. The Labute approximate surface area is 189 Å². The van der Waals surface area contributed by atoms with Gasteiger partial charge < -0.3 is 9.73 Å². The van der Waals surface area contributed by atoms with Crippen molar-refractivity contribution in [2.24, 2.45) is 0 Å². The Bertz CT molecular complexity index is 1430. The van der Waals surface area contributed by atoms with E-state index in [0.29, 0.717) is 34.8 Å². The van der Waals surface area contributed by atoms with E-state index in [1.807, 2.05) is 79.0 Å². The summed E-state index contributed by atoms with van der Waals surface area (Å²) in [5.41, 5.74) is 4.08. The van der Waals surface area contributed by atoms with Gasteiger partial charge in [0.15, 0.2) is 5.43 Å². The van der Waals surface area contributed by atoms with Crippen LogP contribution in [0.25, 0.3) is 22.3 Å². The van der Waals surface area contributed by atoms with Crippen LogP contribution in [0.15, 0.2) is 94.3 Å². The fourth-order valence-electron chi connectivity index (χ4n) is 3.49. The Morgan fingerprint density at radius 2 is 1.78 bits per heavy atom. The zero-order valence-electron chi connectivity index (χ0n) is 17.0. The highest BCUT2D eigenvalue weighted by molar-refractivity contribution is 6.30. The number of halogens is 1. The topological polar surface area (TPSA) is 73.0 Å². The fraction of sp³-hybridized carbons (Fsp3) is 0.0800. The van der Waals surface area contributed by atoms with Crippen LogP contribution in [-0.4, -0.2) is 15.0 Å². The molecule has 0 saturated carbocycles. The van der Waals surface area contributed by atoms with Crippen LogP contribution in [0.5, 0.6) is 0 Å². The lowest BCUT2D eigenvalue weighted by Gasteiger charge is -2.06. The van der Waals surface area contributed by atoms with Gasteiger partial charge in [-0.2, -0.15) is 0 Å². The molecule has 0 unspecified atom stereocenters. The number of aromatic nitrogens is 3. The van der Waals surface area contributed by atoms with E-state index in [0.717, 1.165) is 22.5 Å². The summed E-state index contributed by atoms with van der Waals surface area (Å²) >= 11 is 5.91. The minimum Gasteiger partial charge on any atom is -0.456 e. The van der Waals surface area contributed by atoms with Gasteiger partial charge in [-0.05, 0) is 42.0 Å². The van der Waals surface area contributed by atoms with Gasteiger partial charge in [-0.3, -0.25) is 4.79 Å². The van der Waals surface area contributed by atoms with Crippen LogP contribution in [0, 0.1) is 0 Å². The van der Waals surface area contributed by atoms with Crippen molar-refractivity contribution in [3.63, 3.8) is 0 Å². The molecule has 6 nitrogen and oxygen atoms in total. The fourth-order valence-corrected chi connectivity index (χ4v) is 3.62. The first-order valence-electron chi connectivity index (χ1n) is 10.1. The maximum Gasteiger partial charge on any atom is 0.193 e. The first kappa shape index (κ1) is 20.0. The second-order valence-electron chi connectivity index (χ2n) is 7.44. The molecule has 0 saturated heterocycles. The van der Waals surface area contributed by atoms with E-state index in [-0.39, 0.29) is 5.43 Å². The monoisotopic (exact) mass is 442 g/mol. The van der Waals surface area contributed by atoms with Crippen molar-refractivity contribution in [3.8, 4) is 11.3 Å². The highest BCUT2D eigenvalue weighted by atomic mass is 35.5. The summed E-state index contributed by atoms with van der Waals surface area (Å²) < 4.78 is 7.72. The molecule has 0 aliphatic rings. The number of hydrogen-bond donors (Lipinski definition) is 1. The summed E-state index contributed by atoms with van der Waals surface area (Å²) in [7, 11) is 0. The van der Waals surface area contributed by atoms with Gasteiger partial charge in [0.2, 0.25) is 0 Å². The van der Waals surface area contributed by atoms with Crippen LogP contribution in [0.2, 0.25) is 5.02 Å². The molecule has 0 aliphatic heterocycles.